The van der Waals surface area contributed by atoms with E-state index in [1.54, 1.807) is 17.8 Å². The van der Waals surface area contributed by atoms with E-state index in [1.807, 2.05) is 31.2 Å². The number of halogens is 1. The van der Waals surface area contributed by atoms with Crippen LogP contribution in [0.25, 0.3) is 0 Å². The van der Waals surface area contributed by atoms with E-state index in [9.17, 15) is 4.79 Å². The number of ketones is 1. The van der Waals surface area contributed by atoms with Gasteiger partial charge in [0.1, 0.15) is 5.69 Å². The molecule has 0 radical (unpaired) electrons. The van der Waals surface area contributed by atoms with Crippen molar-refractivity contribution in [1.82, 2.24) is 9.78 Å². The molecule has 2 rings (SSSR count). The lowest BCUT2D eigenvalue weighted by molar-refractivity contribution is 0.0984. The summed E-state index contributed by atoms with van der Waals surface area (Å²) in [5, 5.41) is 4.93. The Balaban J connectivity index is 2.19. The summed E-state index contributed by atoms with van der Waals surface area (Å²) in [5.41, 5.74) is 2.51. The third-order valence-corrected chi connectivity index (χ3v) is 3.07. The second-order valence-electron chi connectivity index (χ2n) is 4.23. The molecule has 0 unspecified atom stereocenters. The minimum Gasteiger partial charge on any atom is -0.292 e. The molecular weight excluding hydrogens is 248 g/mol. The quantitative estimate of drug-likeness (QED) is 0.794. The molecular formula is C14H15ClN2O. The Morgan fingerprint density at radius 2 is 2.17 bits per heavy atom. The van der Waals surface area contributed by atoms with E-state index in [2.05, 4.69) is 5.10 Å². The number of aryl methyl sites for hydroxylation is 2. The van der Waals surface area contributed by atoms with Crippen molar-refractivity contribution in [2.45, 2.75) is 19.8 Å². The largest absolute Gasteiger partial charge is 0.292 e. The average molecular weight is 263 g/mol. The van der Waals surface area contributed by atoms with Gasteiger partial charge in [-0.25, -0.2) is 0 Å². The number of hydrogen-bond acceptors (Lipinski definition) is 2. The van der Waals surface area contributed by atoms with Gasteiger partial charge in [-0.15, -0.1) is 0 Å². The van der Waals surface area contributed by atoms with Gasteiger partial charge in [0, 0.05) is 18.5 Å². The third kappa shape index (κ3) is 2.79. The molecule has 1 heterocycles. The van der Waals surface area contributed by atoms with E-state index >= 15 is 0 Å². The Morgan fingerprint density at radius 3 is 2.78 bits per heavy atom. The Morgan fingerprint density at radius 1 is 1.39 bits per heavy atom. The smallest absolute Gasteiger partial charge is 0.185 e. The van der Waals surface area contributed by atoms with E-state index in [-0.39, 0.29) is 5.78 Å². The van der Waals surface area contributed by atoms with Gasteiger partial charge in [0.15, 0.2) is 5.78 Å². The van der Waals surface area contributed by atoms with Gasteiger partial charge in [-0.2, -0.15) is 5.10 Å². The van der Waals surface area contributed by atoms with Gasteiger partial charge in [0.25, 0.3) is 0 Å². The topological polar surface area (TPSA) is 34.9 Å². The Labute approximate surface area is 111 Å². The first-order valence-electron chi connectivity index (χ1n) is 5.90. The number of benzene rings is 1. The molecule has 3 nitrogen and oxygen atoms in total. The van der Waals surface area contributed by atoms with Crippen molar-refractivity contribution in [3.8, 4) is 0 Å². The van der Waals surface area contributed by atoms with Crippen LogP contribution in [0.4, 0.5) is 0 Å². The number of carbonyl (C=O) groups is 1. The minimum atomic E-state index is 0.0620. The van der Waals surface area contributed by atoms with Crippen LogP contribution >= 0.6 is 11.6 Å². The van der Waals surface area contributed by atoms with Crippen molar-refractivity contribution in [2.75, 3.05) is 0 Å². The first-order valence-corrected chi connectivity index (χ1v) is 6.28. The molecule has 0 fully saturated rings. The molecule has 0 aliphatic heterocycles. The van der Waals surface area contributed by atoms with Crippen molar-refractivity contribution in [2.24, 2.45) is 7.05 Å². The molecule has 0 bridgehead atoms. The van der Waals surface area contributed by atoms with Crippen LogP contribution in [0.15, 0.2) is 30.3 Å². The van der Waals surface area contributed by atoms with Gasteiger partial charge in [0.2, 0.25) is 0 Å². The van der Waals surface area contributed by atoms with Gasteiger partial charge in [0.05, 0.1) is 5.69 Å². The Bertz CT molecular complexity index is 575. The lowest BCUT2D eigenvalue weighted by atomic mass is 10.1. The van der Waals surface area contributed by atoms with Crippen LogP contribution in [0, 0.1) is 0 Å². The summed E-state index contributed by atoms with van der Waals surface area (Å²) in [6.07, 6.45) is 1.18. The van der Waals surface area contributed by atoms with E-state index in [1.165, 1.54) is 0 Å². The Hall–Kier alpha value is -1.61. The number of aromatic nitrogens is 2. The van der Waals surface area contributed by atoms with Crippen LogP contribution in [0.2, 0.25) is 5.02 Å². The molecule has 0 saturated heterocycles. The fourth-order valence-electron chi connectivity index (χ4n) is 1.88. The highest BCUT2D eigenvalue weighted by atomic mass is 35.5. The molecule has 18 heavy (non-hydrogen) atoms. The van der Waals surface area contributed by atoms with E-state index in [0.717, 1.165) is 17.7 Å². The number of nitrogens with zero attached hydrogens (tertiary/aromatic N) is 2. The molecule has 0 N–H and O–H groups in total. The second-order valence-corrected chi connectivity index (χ2v) is 4.66. The molecule has 0 atom stereocenters. The summed E-state index contributed by atoms with van der Waals surface area (Å²) in [6.45, 7) is 2.02. The predicted molar refractivity (Wildman–Crippen MR) is 72.1 cm³/mol. The number of hydrogen-bond donors (Lipinski definition) is 0. The molecule has 0 aliphatic carbocycles. The predicted octanol–water partition coefficient (Wildman–Crippen LogP) is 3.06. The summed E-state index contributed by atoms with van der Waals surface area (Å²) in [5.74, 6) is 0.0620. The van der Waals surface area contributed by atoms with Crippen LogP contribution in [0.1, 0.15) is 28.7 Å². The molecule has 0 aliphatic rings. The first kappa shape index (κ1) is 12.8. The van der Waals surface area contributed by atoms with Crippen LogP contribution < -0.4 is 0 Å². The molecule has 0 saturated carbocycles. The fraction of sp³-hybridized carbons (Fsp3) is 0.286. The number of rotatable bonds is 4. The molecule has 1 aromatic heterocycles. The molecule has 0 spiro atoms. The van der Waals surface area contributed by atoms with Crippen molar-refractivity contribution in [3.63, 3.8) is 0 Å². The summed E-state index contributed by atoms with van der Waals surface area (Å²) in [6, 6.07) is 9.23. The molecule has 94 valence electrons. The van der Waals surface area contributed by atoms with Crippen molar-refractivity contribution in [1.29, 1.82) is 0 Å². The summed E-state index contributed by atoms with van der Waals surface area (Å²) >= 11 is 5.90. The minimum absolute atomic E-state index is 0.0620. The summed E-state index contributed by atoms with van der Waals surface area (Å²) < 4.78 is 1.64. The van der Waals surface area contributed by atoms with E-state index in [4.69, 9.17) is 11.6 Å². The van der Waals surface area contributed by atoms with Gasteiger partial charge in [-0.1, -0.05) is 30.7 Å². The maximum atomic E-state index is 12.2. The monoisotopic (exact) mass is 262 g/mol. The second kappa shape index (κ2) is 5.36. The third-order valence-electron chi connectivity index (χ3n) is 2.83. The van der Waals surface area contributed by atoms with Gasteiger partial charge < -0.3 is 0 Å². The van der Waals surface area contributed by atoms with Gasteiger partial charge >= 0.3 is 0 Å². The van der Waals surface area contributed by atoms with Gasteiger partial charge in [-0.05, 0) is 30.2 Å². The Kier molecular flexibility index (Phi) is 3.82. The SMILES string of the molecule is CCc1cc(C(=O)Cc2cccc(Cl)c2)n(C)n1. The first-order chi connectivity index (χ1) is 8.60. The lowest BCUT2D eigenvalue weighted by Gasteiger charge is -2.02. The van der Waals surface area contributed by atoms with Crippen molar-refractivity contribution < 1.29 is 4.79 Å². The fourth-order valence-corrected chi connectivity index (χ4v) is 2.10. The molecule has 2 aromatic rings. The standard InChI is InChI=1S/C14H15ClN2O/c1-3-12-9-13(17(2)16-12)14(18)8-10-5-4-6-11(15)7-10/h4-7,9H,3,8H2,1-2H3. The lowest BCUT2D eigenvalue weighted by Crippen LogP contribution is -2.09. The number of Topliss-reactive ketones (excluding diaryl/α,β-unsaturated/α-hetero) is 1. The molecule has 1 aromatic carbocycles. The average Bonchev–Trinajstić information content (AvgIpc) is 2.70. The number of carbonyl (C=O) groups excluding carboxylic acids is 1. The zero-order valence-corrected chi connectivity index (χ0v) is 11.2. The highest BCUT2D eigenvalue weighted by Crippen LogP contribution is 2.14. The van der Waals surface area contributed by atoms with E-state index in [0.29, 0.717) is 17.1 Å². The highest BCUT2D eigenvalue weighted by molar-refractivity contribution is 6.30. The molecule has 0 amide bonds. The van der Waals surface area contributed by atoms with Crippen LogP contribution in [-0.4, -0.2) is 15.6 Å². The van der Waals surface area contributed by atoms with Crippen LogP contribution in [0.5, 0.6) is 0 Å². The highest BCUT2D eigenvalue weighted by Gasteiger charge is 2.13. The maximum absolute atomic E-state index is 12.2. The van der Waals surface area contributed by atoms with Crippen LogP contribution in [-0.2, 0) is 19.9 Å². The van der Waals surface area contributed by atoms with Crippen molar-refractivity contribution >= 4 is 17.4 Å². The summed E-state index contributed by atoms with van der Waals surface area (Å²) in [7, 11) is 1.80. The van der Waals surface area contributed by atoms with Crippen molar-refractivity contribution in [3.05, 3.63) is 52.3 Å². The normalized spacial score (nSPS) is 10.6. The zero-order valence-electron chi connectivity index (χ0n) is 10.5. The maximum Gasteiger partial charge on any atom is 0.185 e. The zero-order chi connectivity index (χ0) is 13.1. The molecule has 4 heteroatoms. The van der Waals surface area contributed by atoms with Gasteiger partial charge in [-0.3, -0.25) is 9.48 Å². The van der Waals surface area contributed by atoms with Crippen LogP contribution in [0.3, 0.4) is 0 Å². The van der Waals surface area contributed by atoms with E-state index < -0.39 is 0 Å². The summed E-state index contributed by atoms with van der Waals surface area (Å²) in [4.78, 5) is 12.2.